The second-order valence-corrected chi connectivity index (χ2v) is 9.34. The van der Waals surface area contributed by atoms with E-state index < -0.39 is 9.84 Å². The van der Waals surface area contributed by atoms with Crippen LogP contribution in [0.2, 0.25) is 0 Å². The maximum Gasteiger partial charge on any atom is 0.191 e. The average Bonchev–Trinajstić information content (AvgIpc) is 2.66. The van der Waals surface area contributed by atoms with Gasteiger partial charge in [0.2, 0.25) is 0 Å². The number of nitrogens with zero attached hydrogens (tertiary/aromatic N) is 2. The lowest BCUT2D eigenvalue weighted by Gasteiger charge is -2.37. The van der Waals surface area contributed by atoms with Crippen molar-refractivity contribution in [3.05, 3.63) is 29.8 Å². The van der Waals surface area contributed by atoms with Crippen LogP contribution >= 0.6 is 24.0 Å². The van der Waals surface area contributed by atoms with Crippen LogP contribution in [-0.2, 0) is 21.0 Å². The molecule has 0 aliphatic carbocycles. The van der Waals surface area contributed by atoms with Gasteiger partial charge in [0.05, 0.1) is 24.7 Å². The fraction of sp³-hybridized carbons (Fsp3) is 0.650. The molecule has 0 radical (unpaired) electrons. The van der Waals surface area contributed by atoms with Gasteiger partial charge in [-0.05, 0) is 44.9 Å². The quantitative estimate of drug-likeness (QED) is 0.299. The molecule has 2 atom stereocenters. The zero-order valence-corrected chi connectivity index (χ0v) is 21.0. The smallest absolute Gasteiger partial charge is 0.191 e. The highest BCUT2D eigenvalue weighted by Crippen LogP contribution is 2.11. The molecule has 166 valence electrons. The van der Waals surface area contributed by atoms with E-state index in [0.717, 1.165) is 57.3 Å². The Morgan fingerprint density at radius 2 is 2.00 bits per heavy atom. The normalized spacial score (nSPS) is 19.3. The van der Waals surface area contributed by atoms with Crippen molar-refractivity contribution in [3.8, 4) is 0 Å². The Hall–Kier alpha value is -0.910. The number of rotatable bonds is 8. The lowest BCUT2D eigenvalue weighted by Crippen LogP contribution is -2.49. The number of halogens is 1. The van der Waals surface area contributed by atoms with E-state index in [2.05, 4.69) is 36.3 Å². The zero-order valence-electron chi connectivity index (χ0n) is 17.8. The van der Waals surface area contributed by atoms with E-state index in [4.69, 9.17) is 9.73 Å². The van der Waals surface area contributed by atoms with Crippen molar-refractivity contribution in [3.63, 3.8) is 0 Å². The average molecular weight is 538 g/mol. The summed E-state index contributed by atoms with van der Waals surface area (Å²) in [5.41, 5.74) is 1.09. The molecule has 0 saturated carbocycles. The number of sulfone groups is 1. The Bertz CT molecular complexity index is 741. The Kier molecular flexibility index (Phi) is 11.4. The summed E-state index contributed by atoms with van der Waals surface area (Å²) in [6, 6.07) is 7.83. The predicted octanol–water partition coefficient (Wildman–Crippen LogP) is 1.91. The SMILES string of the molecule is CCNC(=NCC(C)N1CCOCC1C)NCCc1ccc(S(C)(=O)=O)cc1.I. The van der Waals surface area contributed by atoms with Crippen LogP contribution in [0.3, 0.4) is 0 Å². The highest BCUT2D eigenvalue weighted by atomic mass is 127. The molecule has 0 bridgehead atoms. The van der Waals surface area contributed by atoms with Crippen molar-refractivity contribution >= 4 is 39.8 Å². The second-order valence-electron chi connectivity index (χ2n) is 7.32. The Balaban J connectivity index is 0.00000420. The van der Waals surface area contributed by atoms with E-state index in [1.807, 2.05) is 12.1 Å². The van der Waals surface area contributed by atoms with Crippen molar-refractivity contribution in [2.24, 2.45) is 4.99 Å². The first-order chi connectivity index (χ1) is 13.3. The second kappa shape index (κ2) is 12.7. The molecule has 2 N–H and O–H groups in total. The molecule has 1 aliphatic heterocycles. The Morgan fingerprint density at radius 3 is 2.59 bits per heavy atom. The molecule has 1 heterocycles. The lowest BCUT2D eigenvalue weighted by atomic mass is 10.1. The van der Waals surface area contributed by atoms with Gasteiger partial charge in [-0.3, -0.25) is 9.89 Å². The monoisotopic (exact) mass is 538 g/mol. The summed E-state index contributed by atoms with van der Waals surface area (Å²) in [6.45, 7) is 11.2. The van der Waals surface area contributed by atoms with E-state index in [-0.39, 0.29) is 24.0 Å². The van der Waals surface area contributed by atoms with Crippen molar-refractivity contribution in [2.75, 3.05) is 45.6 Å². The van der Waals surface area contributed by atoms with Gasteiger partial charge >= 0.3 is 0 Å². The van der Waals surface area contributed by atoms with Crippen LogP contribution in [-0.4, -0.2) is 77.0 Å². The minimum Gasteiger partial charge on any atom is -0.379 e. The van der Waals surface area contributed by atoms with Gasteiger partial charge in [-0.25, -0.2) is 8.42 Å². The summed E-state index contributed by atoms with van der Waals surface area (Å²) in [5.74, 6) is 0.808. The highest BCUT2D eigenvalue weighted by Gasteiger charge is 2.23. The number of morpholine rings is 1. The van der Waals surface area contributed by atoms with Crippen molar-refractivity contribution in [1.82, 2.24) is 15.5 Å². The molecule has 2 rings (SSSR count). The molecule has 29 heavy (non-hydrogen) atoms. The van der Waals surface area contributed by atoms with Crippen molar-refractivity contribution in [1.29, 1.82) is 0 Å². The third-order valence-corrected chi connectivity index (χ3v) is 6.03. The zero-order chi connectivity index (χ0) is 20.6. The maximum atomic E-state index is 11.5. The number of ether oxygens (including phenoxy) is 1. The van der Waals surface area contributed by atoms with Crippen LogP contribution in [0.4, 0.5) is 0 Å². The largest absolute Gasteiger partial charge is 0.379 e. The number of aliphatic imine (C=N–C) groups is 1. The fourth-order valence-electron chi connectivity index (χ4n) is 3.29. The van der Waals surface area contributed by atoms with E-state index in [9.17, 15) is 8.42 Å². The number of nitrogens with one attached hydrogen (secondary N) is 2. The Labute approximate surface area is 192 Å². The minimum atomic E-state index is -3.15. The summed E-state index contributed by atoms with van der Waals surface area (Å²) >= 11 is 0. The van der Waals surface area contributed by atoms with Crippen LogP contribution in [0.1, 0.15) is 26.3 Å². The lowest BCUT2D eigenvalue weighted by molar-refractivity contribution is -0.0165. The van der Waals surface area contributed by atoms with E-state index >= 15 is 0 Å². The van der Waals surface area contributed by atoms with Crippen LogP contribution in [0.15, 0.2) is 34.2 Å². The first-order valence-electron chi connectivity index (χ1n) is 9.96. The minimum absolute atomic E-state index is 0. The predicted molar refractivity (Wildman–Crippen MR) is 129 cm³/mol. The first-order valence-corrected chi connectivity index (χ1v) is 11.8. The molecule has 1 aromatic carbocycles. The van der Waals surface area contributed by atoms with Gasteiger partial charge in [-0.2, -0.15) is 0 Å². The van der Waals surface area contributed by atoms with E-state index in [0.29, 0.717) is 17.0 Å². The summed E-state index contributed by atoms with van der Waals surface area (Å²) < 4.78 is 28.6. The number of hydrogen-bond acceptors (Lipinski definition) is 5. The van der Waals surface area contributed by atoms with Crippen LogP contribution < -0.4 is 10.6 Å². The molecular formula is C20H35IN4O3S. The number of benzene rings is 1. The molecule has 9 heteroatoms. The van der Waals surface area contributed by atoms with Crippen LogP contribution in [0.25, 0.3) is 0 Å². The van der Waals surface area contributed by atoms with Crippen molar-refractivity contribution in [2.45, 2.75) is 44.2 Å². The standard InChI is InChI=1S/C20H34N4O3S.HI/c1-5-21-20(23-14-16(2)24-12-13-27-15-17(24)3)22-11-10-18-6-8-19(9-7-18)28(4,25)26;/h6-9,16-17H,5,10-15H2,1-4H3,(H2,21,22,23);1H. The molecule has 1 aromatic rings. The van der Waals surface area contributed by atoms with Gasteiger partial charge in [0.1, 0.15) is 0 Å². The summed E-state index contributed by atoms with van der Waals surface area (Å²) in [6.07, 6.45) is 2.02. The van der Waals surface area contributed by atoms with Crippen LogP contribution in [0, 0.1) is 0 Å². The molecule has 0 spiro atoms. The molecule has 2 unspecified atom stereocenters. The molecule has 0 amide bonds. The number of hydrogen-bond donors (Lipinski definition) is 2. The maximum absolute atomic E-state index is 11.5. The van der Waals surface area contributed by atoms with Gasteiger partial charge in [-0.1, -0.05) is 12.1 Å². The molecule has 1 aliphatic rings. The van der Waals surface area contributed by atoms with Crippen molar-refractivity contribution < 1.29 is 13.2 Å². The fourth-order valence-corrected chi connectivity index (χ4v) is 3.92. The molecule has 7 nitrogen and oxygen atoms in total. The molecule has 1 saturated heterocycles. The number of guanidine groups is 1. The Morgan fingerprint density at radius 1 is 1.31 bits per heavy atom. The summed E-state index contributed by atoms with van der Waals surface area (Å²) in [7, 11) is -3.15. The third-order valence-electron chi connectivity index (χ3n) is 4.90. The third kappa shape index (κ3) is 8.77. The first kappa shape index (κ1) is 26.1. The molecule has 0 aromatic heterocycles. The molecular weight excluding hydrogens is 503 g/mol. The highest BCUT2D eigenvalue weighted by molar-refractivity contribution is 14.0. The molecule has 1 fully saturated rings. The van der Waals surface area contributed by atoms with Gasteiger partial charge in [-0.15, -0.1) is 24.0 Å². The topological polar surface area (TPSA) is 83.0 Å². The van der Waals surface area contributed by atoms with Gasteiger partial charge in [0.25, 0.3) is 0 Å². The summed E-state index contributed by atoms with van der Waals surface area (Å²) in [5, 5.41) is 6.64. The van der Waals surface area contributed by atoms with E-state index in [1.54, 1.807) is 12.1 Å². The van der Waals surface area contributed by atoms with Crippen LogP contribution in [0.5, 0.6) is 0 Å². The van der Waals surface area contributed by atoms with E-state index in [1.165, 1.54) is 6.26 Å². The van der Waals surface area contributed by atoms with Gasteiger partial charge < -0.3 is 15.4 Å². The van der Waals surface area contributed by atoms with Gasteiger partial charge in [0.15, 0.2) is 15.8 Å². The van der Waals surface area contributed by atoms with Gasteiger partial charge in [0, 0.05) is 38.0 Å². The summed E-state index contributed by atoms with van der Waals surface area (Å²) in [4.78, 5) is 7.53.